The van der Waals surface area contributed by atoms with Gasteiger partial charge in [-0.05, 0) is 23.6 Å². The molecule has 0 aliphatic heterocycles. The lowest BCUT2D eigenvalue weighted by Gasteiger charge is -1.96. The van der Waals surface area contributed by atoms with Crippen LogP contribution in [-0.4, -0.2) is 10.2 Å². The Labute approximate surface area is 78.1 Å². The summed E-state index contributed by atoms with van der Waals surface area (Å²) in [4.78, 5) is 0.524. The van der Waals surface area contributed by atoms with Gasteiger partial charge in [-0.25, -0.2) is 0 Å². The maximum absolute atomic E-state index is 9.42. The Balaban J connectivity index is 2.86. The van der Waals surface area contributed by atoms with Gasteiger partial charge in [-0.1, -0.05) is 0 Å². The summed E-state index contributed by atoms with van der Waals surface area (Å²) in [7, 11) is 0. The third-order valence-electron chi connectivity index (χ3n) is 1.75. The fourth-order valence-electron chi connectivity index (χ4n) is 1.13. The predicted molar refractivity (Wildman–Crippen MR) is 49.9 cm³/mol. The number of nitrogens with zero attached hydrogens (tertiary/aromatic N) is 1. The Morgan fingerprint density at radius 2 is 2.08 bits per heavy atom. The molecule has 2 rings (SSSR count). The Morgan fingerprint density at radius 1 is 1.31 bits per heavy atom. The largest absolute Gasteiger partial charge is 0.504 e. The molecular weight excluding hydrogens is 186 g/mol. The first-order chi connectivity index (χ1) is 6.22. The molecule has 0 atom stereocenters. The number of aromatic hydroxyl groups is 2. The Bertz CT molecular complexity index is 510. The SMILES string of the molecule is N#Cc1cc2ccc(O)c(O)c2s1. The molecule has 0 fully saturated rings. The first-order valence-corrected chi connectivity index (χ1v) is 4.38. The molecule has 0 amide bonds. The number of phenols is 2. The van der Waals surface area contributed by atoms with Crippen molar-refractivity contribution >= 4 is 21.4 Å². The summed E-state index contributed by atoms with van der Waals surface area (Å²) in [5.74, 6) is -0.303. The van der Waals surface area contributed by atoms with E-state index in [1.807, 2.05) is 6.07 Å². The van der Waals surface area contributed by atoms with Crippen LogP contribution in [-0.2, 0) is 0 Å². The van der Waals surface area contributed by atoms with Crippen molar-refractivity contribution in [3.8, 4) is 17.6 Å². The van der Waals surface area contributed by atoms with Gasteiger partial charge in [0.05, 0.1) is 4.70 Å². The smallest absolute Gasteiger partial charge is 0.175 e. The third-order valence-corrected chi connectivity index (χ3v) is 2.81. The summed E-state index contributed by atoms with van der Waals surface area (Å²) >= 11 is 1.17. The Hall–Kier alpha value is -1.73. The number of hydrogen-bond donors (Lipinski definition) is 2. The van der Waals surface area contributed by atoms with Gasteiger partial charge in [-0.15, -0.1) is 11.3 Å². The number of rotatable bonds is 0. The van der Waals surface area contributed by atoms with E-state index in [4.69, 9.17) is 5.26 Å². The van der Waals surface area contributed by atoms with Gasteiger partial charge in [0.25, 0.3) is 0 Å². The summed E-state index contributed by atoms with van der Waals surface area (Å²) in [6.07, 6.45) is 0. The molecule has 2 aromatic rings. The van der Waals surface area contributed by atoms with Crippen LogP contribution in [0.1, 0.15) is 4.88 Å². The van der Waals surface area contributed by atoms with E-state index in [0.717, 1.165) is 5.39 Å². The lowest BCUT2D eigenvalue weighted by Crippen LogP contribution is -1.67. The first-order valence-electron chi connectivity index (χ1n) is 3.57. The maximum Gasteiger partial charge on any atom is 0.175 e. The van der Waals surface area contributed by atoms with Crippen LogP contribution in [0.15, 0.2) is 18.2 Å². The van der Waals surface area contributed by atoms with E-state index in [1.54, 1.807) is 12.1 Å². The molecule has 1 heterocycles. The number of hydrogen-bond acceptors (Lipinski definition) is 4. The Kier molecular flexibility index (Phi) is 1.61. The average molecular weight is 191 g/mol. The summed E-state index contributed by atoms with van der Waals surface area (Å²) in [5.41, 5.74) is 0. The van der Waals surface area contributed by atoms with E-state index in [9.17, 15) is 10.2 Å². The second-order valence-electron chi connectivity index (χ2n) is 2.57. The summed E-state index contributed by atoms with van der Waals surface area (Å²) in [5, 5.41) is 28.0. The predicted octanol–water partition coefficient (Wildman–Crippen LogP) is 2.18. The molecule has 0 saturated heterocycles. The zero-order valence-corrected chi connectivity index (χ0v) is 7.30. The molecule has 0 spiro atoms. The average Bonchev–Trinajstić information content (AvgIpc) is 2.55. The zero-order valence-electron chi connectivity index (χ0n) is 6.48. The molecule has 64 valence electrons. The van der Waals surface area contributed by atoms with Crippen molar-refractivity contribution in [3.05, 3.63) is 23.1 Å². The minimum Gasteiger partial charge on any atom is -0.504 e. The highest BCUT2D eigenvalue weighted by Gasteiger charge is 2.08. The van der Waals surface area contributed by atoms with Gasteiger partial charge in [0.2, 0.25) is 0 Å². The maximum atomic E-state index is 9.42. The van der Waals surface area contributed by atoms with Crippen LogP contribution >= 0.6 is 11.3 Å². The number of benzene rings is 1. The number of phenolic OH excluding ortho intramolecular Hbond substituents is 2. The van der Waals surface area contributed by atoms with E-state index in [1.165, 1.54) is 17.4 Å². The molecule has 1 aromatic heterocycles. The third kappa shape index (κ3) is 1.10. The van der Waals surface area contributed by atoms with E-state index in [-0.39, 0.29) is 11.5 Å². The van der Waals surface area contributed by atoms with Crippen LogP contribution in [0.3, 0.4) is 0 Å². The molecule has 0 saturated carbocycles. The molecule has 0 aliphatic rings. The van der Waals surface area contributed by atoms with Crippen molar-refractivity contribution in [1.82, 2.24) is 0 Å². The molecule has 0 unspecified atom stereocenters. The van der Waals surface area contributed by atoms with Crippen LogP contribution in [0, 0.1) is 11.3 Å². The van der Waals surface area contributed by atoms with Crippen molar-refractivity contribution in [1.29, 1.82) is 5.26 Å². The van der Waals surface area contributed by atoms with E-state index in [2.05, 4.69) is 0 Å². The van der Waals surface area contributed by atoms with Gasteiger partial charge in [0.15, 0.2) is 11.5 Å². The zero-order chi connectivity index (χ0) is 9.42. The highest BCUT2D eigenvalue weighted by atomic mass is 32.1. The van der Waals surface area contributed by atoms with Crippen LogP contribution in [0.4, 0.5) is 0 Å². The number of thiophene rings is 1. The fourth-order valence-corrected chi connectivity index (χ4v) is 2.03. The number of nitriles is 1. The van der Waals surface area contributed by atoms with Gasteiger partial charge < -0.3 is 10.2 Å². The topological polar surface area (TPSA) is 64.2 Å². The minimum absolute atomic E-state index is 0.149. The second-order valence-corrected chi connectivity index (χ2v) is 3.63. The molecule has 0 aliphatic carbocycles. The van der Waals surface area contributed by atoms with Crippen LogP contribution in [0.5, 0.6) is 11.5 Å². The highest BCUT2D eigenvalue weighted by molar-refractivity contribution is 7.19. The summed E-state index contributed by atoms with van der Waals surface area (Å²) < 4.78 is 0.552. The number of fused-ring (bicyclic) bond motifs is 1. The van der Waals surface area contributed by atoms with Crippen LogP contribution < -0.4 is 0 Å². The summed E-state index contributed by atoms with van der Waals surface area (Å²) in [6.45, 7) is 0. The lowest BCUT2D eigenvalue weighted by atomic mass is 10.2. The van der Waals surface area contributed by atoms with Crippen LogP contribution in [0.2, 0.25) is 0 Å². The highest BCUT2D eigenvalue weighted by Crippen LogP contribution is 2.38. The van der Waals surface area contributed by atoms with Gasteiger partial charge in [-0.2, -0.15) is 5.26 Å². The van der Waals surface area contributed by atoms with Gasteiger partial charge in [0, 0.05) is 0 Å². The fraction of sp³-hybridized carbons (Fsp3) is 0. The van der Waals surface area contributed by atoms with Crippen LogP contribution in [0.25, 0.3) is 10.1 Å². The molecular formula is C9H5NO2S. The quantitative estimate of drug-likeness (QED) is 0.627. The van der Waals surface area contributed by atoms with Crippen molar-refractivity contribution < 1.29 is 10.2 Å². The van der Waals surface area contributed by atoms with Gasteiger partial charge >= 0.3 is 0 Å². The van der Waals surface area contributed by atoms with E-state index >= 15 is 0 Å². The Morgan fingerprint density at radius 3 is 2.77 bits per heavy atom. The van der Waals surface area contributed by atoms with E-state index in [0.29, 0.717) is 9.58 Å². The normalized spacial score (nSPS) is 10.1. The molecule has 2 N–H and O–H groups in total. The van der Waals surface area contributed by atoms with E-state index < -0.39 is 0 Å². The first kappa shape index (κ1) is 7.90. The minimum atomic E-state index is -0.154. The molecule has 1 aromatic carbocycles. The molecule has 3 nitrogen and oxygen atoms in total. The van der Waals surface area contributed by atoms with Crippen molar-refractivity contribution in [2.24, 2.45) is 0 Å². The second kappa shape index (κ2) is 2.64. The lowest BCUT2D eigenvalue weighted by molar-refractivity contribution is 0.409. The van der Waals surface area contributed by atoms with Gasteiger partial charge in [0.1, 0.15) is 10.9 Å². The summed E-state index contributed by atoms with van der Waals surface area (Å²) in [6, 6.07) is 6.75. The molecule has 13 heavy (non-hydrogen) atoms. The standard InChI is InChI=1S/C9H5NO2S/c10-4-6-3-5-1-2-7(11)8(12)9(5)13-6/h1-3,11-12H. The van der Waals surface area contributed by atoms with Crippen molar-refractivity contribution in [2.75, 3.05) is 0 Å². The van der Waals surface area contributed by atoms with Crippen molar-refractivity contribution in [2.45, 2.75) is 0 Å². The van der Waals surface area contributed by atoms with Gasteiger partial charge in [-0.3, -0.25) is 0 Å². The molecule has 0 bridgehead atoms. The van der Waals surface area contributed by atoms with Crippen molar-refractivity contribution in [3.63, 3.8) is 0 Å². The molecule has 0 radical (unpaired) electrons. The monoisotopic (exact) mass is 191 g/mol. The molecule has 4 heteroatoms.